The van der Waals surface area contributed by atoms with Crippen LogP contribution >= 0.6 is 23.1 Å². The molecule has 116 valence electrons. The molecule has 0 aliphatic carbocycles. The normalized spacial score (nSPS) is 12.0. The summed E-state index contributed by atoms with van der Waals surface area (Å²) in [5.74, 6) is 0. The standard InChI is InChI=1S/C5H5S2.3C4H9.Sn/c1-6-5-3-2-4-7-5;3*1-3-4-2;/h2-3H,1H3;3*1,3-4H2,2H3;. The maximum atomic E-state index is 2.52. The molecule has 1 aromatic rings. The summed E-state index contributed by atoms with van der Waals surface area (Å²) in [5, 5.41) is 0. The van der Waals surface area contributed by atoms with E-state index in [0.717, 1.165) is 0 Å². The summed E-state index contributed by atoms with van der Waals surface area (Å²) >= 11 is 1.98. The number of hydrogen-bond donors (Lipinski definition) is 0. The molecule has 0 spiro atoms. The van der Waals surface area contributed by atoms with Crippen molar-refractivity contribution in [1.29, 1.82) is 0 Å². The molecule has 0 unspecified atom stereocenters. The number of rotatable bonds is 11. The first kappa shape index (κ1) is 18.9. The molecule has 0 saturated heterocycles. The van der Waals surface area contributed by atoms with Gasteiger partial charge in [-0.25, -0.2) is 0 Å². The zero-order chi connectivity index (χ0) is 14.8. The molecule has 0 fully saturated rings. The third-order valence-corrected chi connectivity index (χ3v) is 24.8. The summed E-state index contributed by atoms with van der Waals surface area (Å²) in [6.45, 7) is 7.08. The predicted octanol–water partition coefficient (Wildman–Crippen LogP) is 6.53. The number of thiophene rings is 1. The van der Waals surface area contributed by atoms with E-state index in [1.54, 1.807) is 13.3 Å². The third-order valence-electron chi connectivity index (χ3n) is 4.33. The van der Waals surface area contributed by atoms with E-state index in [9.17, 15) is 0 Å². The minimum absolute atomic E-state index is 1.37. The average molecular weight is 419 g/mol. The molecule has 20 heavy (non-hydrogen) atoms. The Kier molecular flexibility index (Phi) is 9.97. The molecule has 0 atom stereocenters. The van der Waals surface area contributed by atoms with E-state index in [2.05, 4.69) is 50.5 Å². The van der Waals surface area contributed by atoms with Gasteiger partial charge in [0.2, 0.25) is 0 Å². The molecule has 0 aliphatic rings. The van der Waals surface area contributed by atoms with Crippen molar-refractivity contribution in [3.63, 3.8) is 0 Å². The zero-order valence-corrected chi connectivity index (χ0v) is 18.3. The van der Waals surface area contributed by atoms with Crippen LogP contribution in [0.1, 0.15) is 59.3 Å². The predicted molar refractivity (Wildman–Crippen MR) is 101 cm³/mol. The second-order valence-electron chi connectivity index (χ2n) is 5.91. The van der Waals surface area contributed by atoms with Gasteiger partial charge in [-0.1, -0.05) is 0 Å². The van der Waals surface area contributed by atoms with Crippen molar-refractivity contribution >= 4 is 44.4 Å². The number of thioether (sulfide) groups is 1. The topological polar surface area (TPSA) is 0 Å². The first-order chi connectivity index (χ1) is 9.72. The van der Waals surface area contributed by atoms with Crippen LogP contribution in [0.4, 0.5) is 0 Å². The van der Waals surface area contributed by atoms with Gasteiger partial charge in [-0.05, 0) is 0 Å². The van der Waals surface area contributed by atoms with Gasteiger partial charge in [-0.15, -0.1) is 0 Å². The summed E-state index contributed by atoms with van der Waals surface area (Å²) in [7, 11) is 0. The van der Waals surface area contributed by atoms with Crippen LogP contribution in [0, 0.1) is 0 Å². The molecule has 3 heteroatoms. The summed E-state index contributed by atoms with van der Waals surface area (Å²) in [6, 6.07) is 4.91. The number of hydrogen-bond acceptors (Lipinski definition) is 2. The molecule has 0 aromatic carbocycles. The molecule has 0 N–H and O–H groups in total. The average Bonchev–Trinajstić information content (AvgIpc) is 2.96. The fraction of sp³-hybridized carbons (Fsp3) is 0.765. The Morgan fingerprint density at radius 1 is 0.900 bits per heavy atom. The summed E-state index contributed by atoms with van der Waals surface area (Å²) < 4.78 is 8.20. The molecular weight excluding hydrogens is 387 g/mol. The van der Waals surface area contributed by atoms with Gasteiger partial charge in [-0.3, -0.25) is 0 Å². The fourth-order valence-electron chi connectivity index (χ4n) is 3.00. The van der Waals surface area contributed by atoms with Crippen molar-refractivity contribution in [3.05, 3.63) is 12.1 Å². The SMILES string of the molecule is CCC[CH2][Sn]([CH2]CCC)([CH2]CCC)[c]1ccc(SC)s1. The van der Waals surface area contributed by atoms with Crippen molar-refractivity contribution < 1.29 is 0 Å². The molecule has 0 bridgehead atoms. The fourth-order valence-corrected chi connectivity index (χ4v) is 24.3. The van der Waals surface area contributed by atoms with E-state index in [4.69, 9.17) is 0 Å². The summed E-state index contributed by atoms with van der Waals surface area (Å²) in [4.78, 5) is 0. The van der Waals surface area contributed by atoms with Gasteiger partial charge in [-0.2, -0.15) is 0 Å². The molecule has 1 rings (SSSR count). The van der Waals surface area contributed by atoms with E-state index in [0.29, 0.717) is 0 Å². The van der Waals surface area contributed by atoms with E-state index in [1.165, 1.54) is 42.7 Å². The van der Waals surface area contributed by atoms with Gasteiger partial charge >= 0.3 is 140 Å². The van der Waals surface area contributed by atoms with Crippen LogP contribution in [-0.4, -0.2) is 24.6 Å². The molecule has 0 saturated carbocycles. The maximum absolute atomic E-state index is 2.52. The Hall–Kier alpha value is 0.849. The minimum atomic E-state index is -2.09. The van der Waals surface area contributed by atoms with Gasteiger partial charge in [0.1, 0.15) is 0 Å². The van der Waals surface area contributed by atoms with Crippen molar-refractivity contribution in [2.24, 2.45) is 0 Å². The molecular formula is C17H32S2Sn. The molecule has 1 aromatic heterocycles. The third kappa shape index (κ3) is 5.56. The Balaban J connectivity index is 2.97. The zero-order valence-electron chi connectivity index (χ0n) is 13.8. The van der Waals surface area contributed by atoms with E-state index in [1.807, 2.05) is 14.7 Å². The molecule has 0 radical (unpaired) electrons. The Morgan fingerprint density at radius 2 is 1.40 bits per heavy atom. The Bertz CT molecular complexity index is 338. The monoisotopic (exact) mass is 420 g/mol. The van der Waals surface area contributed by atoms with Crippen LogP contribution < -0.4 is 2.89 Å². The summed E-state index contributed by atoms with van der Waals surface area (Å²) in [6.07, 6.45) is 10.7. The van der Waals surface area contributed by atoms with Crippen LogP contribution in [0.25, 0.3) is 0 Å². The van der Waals surface area contributed by atoms with Gasteiger partial charge in [0.25, 0.3) is 0 Å². The number of unbranched alkanes of at least 4 members (excludes halogenated alkanes) is 3. The van der Waals surface area contributed by atoms with Crippen molar-refractivity contribution in [3.8, 4) is 0 Å². The van der Waals surface area contributed by atoms with Crippen LogP contribution in [0.2, 0.25) is 13.3 Å². The van der Waals surface area contributed by atoms with E-state index >= 15 is 0 Å². The van der Waals surface area contributed by atoms with Gasteiger partial charge < -0.3 is 0 Å². The van der Waals surface area contributed by atoms with Crippen LogP contribution in [0.5, 0.6) is 0 Å². The Labute approximate surface area is 139 Å². The second kappa shape index (κ2) is 10.6. The molecule has 0 nitrogen and oxygen atoms in total. The van der Waals surface area contributed by atoms with E-state index < -0.39 is 18.4 Å². The Morgan fingerprint density at radius 3 is 1.75 bits per heavy atom. The van der Waals surface area contributed by atoms with Crippen LogP contribution in [-0.2, 0) is 0 Å². The summed E-state index contributed by atoms with van der Waals surface area (Å²) in [5.41, 5.74) is 0. The first-order valence-corrected chi connectivity index (χ1v) is 17.9. The quantitative estimate of drug-likeness (QED) is 0.291. The van der Waals surface area contributed by atoms with Gasteiger partial charge in [0.05, 0.1) is 0 Å². The second-order valence-corrected chi connectivity index (χ2v) is 22.3. The van der Waals surface area contributed by atoms with Gasteiger partial charge in [0.15, 0.2) is 0 Å². The van der Waals surface area contributed by atoms with Crippen molar-refractivity contribution in [1.82, 2.24) is 0 Å². The van der Waals surface area contributed by atoms with Gasteiger partial charge in [0, 0.05) is 0 Å². The molecule has 0 amide bonds. The molecule has 0 aliphatic heterocycles. The van der Waals surface area contributed by atoms with Crippen molar-refractivity contribution in [2.45, 2.75) is 76.8 Å². The van der Waals surface area contributed by atoms with E-state index in [-0.39, 0.29) is 0 Å². The molecule has 1 heterocycles. The van der Waals surface area contributed by atoms with Crippen LogP contribution in [0.3, 0.4) is 0 Å². The van der Waals surface area contributed by atoms with Crippen LogP contribution in [0.15, 0.2) is 16.3 Å². The first-order valence-electron chi connectivity index (χ1n) is 8.36. The van der Waals surface area contributed by atoms with Crippen molar-refractivity contribution in [2.75, 3.05) is 6.26 Å².